The molecule has 1 aliphatic heterocycles. The van der Waals surface area contributed by atoms with Gasteiger partial charge in [0, 0.05) is 18.4 Å². The first-order valence-corrected chi connectivity index (χ1v) is 12.3. The number of carbonyl (C=O) groups excluding carboxylic acids is 3. The molecule has 0 radical (unpaired) electrons. The van der Waals surface area contributed by atoms with E-state index in [1.165, 1.54) is 43.7 Å². The molecule has 2 bridgehead atoms. The van der Waals surface area contributed by atoms with Crippen LogP contribution >= 0.6 is 0 Å². The van der Waals surface area contributed by atoms with Crippen molar-refractivity contribution in [3.8, 4) is 5.75 Å². The van der Waals surface area contributed by atoms with Crippen LogP contribution in [0.3, 0.4) is 0 Å². The molecular formula is C26H36N2O6. The number of fused-ring (bicyclic) bond motifs is 1. The lowest BCUT2D eigenvalue weighted by Crippen LogP contribution is -2.59. The van der Waals surface area contributed by atoms with E-state index >= 15 is 0 Å². The van der Waals surface area contributed by atoms with Crippen LogP contribution in [0.5, 0.6) is 5.75 Å². The van der Waals surface area contributed by atoms with Crippen molar-refractivity contribution in [3.63, 3.8) is 0 Å². The number of hydrogen-bond donors (Lipinski definition) is 1. The zero-order valence-electron chi connectivity index (χ0n) is 20.6. The Hall–Kier alpha value is -2.61. The number of piperidine rings is 1. The first kappa shape index (κ1) is 24.5. The lowest BCUT2D eigenvalue weighted by atomic mass is 9.52. The minimum atomic E-state index is -0.928. The Morgan fingerprint density at radius 3 is 2.71 bits per heavy atom. The molecule has 0 aromatic heterocycles. The fourth-order valence-electron chi connectivity index (χ4n) is 6.31. The number of esters is 1. The predicted octanol–water partition coefficient (Wildman–Crippen LogP) is 3.55. The zero-order valence-corrected chi connectivity index (χ0v) is 20.6. The number of amides is 1. The maximum atomic E-state index is 12.3. The smallest absolute Gasteiger partial charge is 0.426 e. The van der Waals surface area contributed by atoms with E-state index < -0.39 is 25.0 Å². The van der Waals surface area contributed by atoms with Gasteiger partial charge in [-0.2, -0.15) is 0 Å². The third kappa shape index (κ3) is 4.78. The van der Waals surface area contributed by atoms with E-state index in [9.17, 15) is 14.4 Å². The van der Waals surface area contributed by atoms with Gasteiger partial charge in [0.1, 0.15) is 11.8 Å². The summed E-state index contributed by atoms with van der Waals surface area (Å²) < 4.78 is 15.4. The molecule has 8 heteroatoms. The monoisotopic (exact) mass is 472 g/mol. The van der Waals surface area contributed by atoms with Gasteiger partial charge in [-0.15, -0.1) is 0 Å². The molecule has 34 heavy (non-hydrogen) atoms. The third-order valence-electron chi connectivity index (χ3n) is 7.94. The standard InChI is InChI=1S/C26H36N2O6/c1-16(2)23(27-17(3)29)24(30)32-15-33-25(31)34-19-9-8-18-13-22-20-7-5-6-10-26(20,21(18)14-19)11-12-28(22)4/h8-9,14,16,20,22-23H,5-7,10-13,15H2,1-4H3,(H,27,29)/t20-,22+,23?,26+/m0/s1. The maximum absolute atomic E-state index is 12.3. The molecule has 1 N–H and O–H groups in total. The molecule has 1 aromatic rings. The fraction of sp³-hybridized carbons (Fsp3) is 0.654. The zero-order chi connectivity index (χ0) is 24.5. The van der Waals surface area contributed by atoms with Crippen molar-refractivity contribution in [1.82, 2.24) is 10.2 Å². The minimum Gasteiger partial charge on any atom is -0.426 e. The number of benzene rings is 1. The molecule has 3 aliphatic rings. The first-order valence-electron chi connectivity index (χ1n) is 12.3. The second-order valence-corrected chi connectivity index (χ2v) is 10.3. The first-order chi connectivity index (χ1) is 16.2. The number of nitrogens with one attached hydrogen (secondary N) is 1. The molecule has 1 unspecified atom stereocenters. The van der Waals surface area contributed by atoms with Crippen LogP contribution in [0.15, 0.2) is 18.2 Å². The Kier molecular flexibility index (Phi) is 7.17. The summed E-state index contributed by atoms with van der Waals surface area (Å²) in [5, 5.41) is 2.54. The van der Waals surface area contributed by atoms with Crippen LogP contribution in [0.2, 0.25) is 0 Å². The Bertz CT molecular complexity index is 947. The number of likely N-dealkylation sites (N-methyl/N-ethyl adjacent to an activating group) is 1. The highest BCUT2D eigenvalue weighted by Gasteiger charge is 2.53. The number of likely N-dealkylation sites (tertiary alicyclic amines) is 1. The van der Waals surface area contributed by atoms with E-state index in [1.54, 1.807) is 13.8 Å². The average molecular weight is 473 g/mol. The maximum Gasteiger partial charge on any atom is 0.516 e. The number of rotatable bonds is 6. The summed E-state index contributed by atoms with van der Waals surface area (Å²) in [5.41, 5.74) is 2.84. The Morgan fingerprint density at radius 1 is 1.18 bits per heavy atom. The second-order valence-electron chi connectivity index (χ2n) is 10.3. The van der Waals surface area contributed by atoms with Gasteiger partial charge in [0.25, 0.3) is 0 Å². The molecule has 1 saturated heterocycles. The van der Waals surface area contributed by atoms with E-state index in [0.717, 1.165) is 19.4 Å². The molecule has 1 aromatic carbocycles. The van der Waals surface area contributed by atoms with Gasteiger partial charge in [0.15, 0.2) is 0 Å². The lowest BCUT2D eigenvalue weighted by molar-refractivity contribution is -0.157. The Balaban J connectivity index is 1.39. The lowest BCUT2D eigenvalue weighted by Gasteiger charge is -2.58. The predicted molar refractivity (Wildman–Crippen MR) is 125 cm³/mol. The van der Waals surface area contributed by atoms with Crippen LogP contribution in [0.1, 0.15) is 64.0 Å². The molecule has 8 nitrogen and oxygen atoms in total. The summed E-state index contributed by atoms with van der Waals surface area (Å²) in [6, 6.07) is 5.69. The molecular weight excluding hydrogens is 436 g/mol. The quantitative estimate of drug-likeness (QED) is 0.384. The van der Waals surface area contributed by atoms with Crippen LogP contribution in [-0.4, -0.2) is 55.4 Å². The Morgan fingerprint density at radius 2 is 1.97 bits per heavy atom. The topological polar surface area (TPSA) is 94.2 Å². The van der Waals surface area contributed by atoms with E-state index in [-0.39, 0.29) is 17.2 Å². The number of nitrogens with zero attached hydrogens (tertiary/aromatic N) is 1. The van der Waals surface area contributed by atoms with Gasteiger partial charge in [0.05, 0.1) is 0 Å². The van der Waals surface area contributed by atoms with E-state index in [4.69, 9.17) is 14.2 Å². The van der Waals surface area contributed by atoms with Gasteiger partial charge in [-0.05, 0) is 74.4 Å². The highest BCUT2D eigenvalue weighted by molar-refractivity contribution is 5.83. The van der Waals surface area contributed by atoms with Crippen LogP contribution in [0.25, 0.3) is 0 Å². The van der Waals surface area contributed by atoms with E-state index in [1.807, 2.05) is 12.1 Å². The molecule has 2 fully saturated rings. The van der Waals surface area contributed by atoms with Crippen LogP contribution in [-0.2, 0) is 30.9 Å². The van der Waals surface area contributed by atoms with Crippen molar-refractivity contribution in [1.29, 1.82) is 0 Å². The summed E-state index contributed by atoms with van der Waals surface area (Å²) >= 11 is 0. The van der Waals surface area contributed by atoms with Crippen molar-refractivity contribution in [2.75, 3.05) is 20.4 Å². The van der Waals surface area contributed by atoms with Crippen molar-refractivity contribution >= 4 is 18.0 Å². The second kappa shape index (κ2) is 9.94. The Labute approximate surface area is 201 Å². The minimum absolute atomic E-state index is 0.164. The highest BCUT2D eigenvalue weighted by Crippen LogP contribution is 2.55. The summed E-state index contributed by atoms with van der Waals surface area (Å²) in [4.78, 5) is 38.3. The summed E-state index contributed by atoms with van der Waals surface area (Å²) in [5.74, 6) is -0.0675. The number of carbonyl (C=O) groups is 3. The van der Waals surface area contributed by atoms with Gasteiger partial charge < -0.3 is 24.4 Å². The van der Waals surface area contributed by atoms with E-state index in [2.05, 4.69) is 23.3 Å². The molecule has 1 amide bonds. The van der Waals surface area contributed by atoms with Gasteiger partial charge in [0.2, 0.25) is 12.7 Å². The molecule has 4 rings (SSSR count). The van der Waals surface area contributed by atoms with Crippen LogP contribution in [0.4, 0.5) is 4.79 Å². The normalized spacial score (nSPS) is 26.6. The third-order valence-corrected chi connectivity index (χ3v) is 7.94. The van der Waals surface area contributed by atoms with Crippen LogP contribution in [0, 0.1) is 11.8 Å². The summed E-state index contributed by atoms with van der Waals surface area (Å²) in [6.45, 7) is 5.42. The molecule has 1 saturated carbocycles. The number of ether oxygens (including phenoxy) is 3. The van der Waals surface area contributed by atoms with Crippen molar-refractivity contribution in [2.45, 2.75) is 76.8 Å². The van der Waals surface area contributed by atoms with Crippen LogP contribution < -0.4 is 10.1 Å². The van der Waals surface area contributed by atoms with Crippen molar-refractivity contribution in [2.24, 2.45) is 11.8 Å². The summed E-state index contributed by atoms with van der Waals surface area (Å²) in [7, 11) is 2.24. The number of hydrogen-bond acceptors (Lipinski definition) is 7. The molecule has 4 atom stereocenters. The molecule has 2 aliphatic carbocycles. The van der Waals surface area contributed by atoms with E-state index in [0.29, 0.717) is 17.7 Å². The van der Waals surface area contributed by atoms with Gasteiger partial charge in [-0.25, -0.2) is 9.59 Å². The average Bonchev–Trinajstić information content (AvgIpc) is 2.79. The molecule has 1 heterocycles. The van der Waals surface area contributed by atoms with Gasteiger partial charge in [-0.3, -0.25) is 4.79 Å². The molecule has 0 spiro atoms. The highest BCUT2D eigenvalue weighted by atomic mass is 16.8. The summed E-state index contributed by atoms with van der Waals surface area (Å²) in [6.07, 6.45) is 6.20. The fourth-order valence-corrected chi connectivity index (χ4v) is 6.31. The molecule has 186 valence electrons. The van der Waals surface area contributed by atoms with Crippen molar-refractivity contribution < 1.29 is 28.6 Å². The SMILES string of the molecule is CC(=O)NC(C(=O)OCOC(=O)Oc1ccc2c(c1)[C@@]13CCCC[C@H]1[C@@H](C2)N(C)CC3)C(C)C. The van der Waals surface area contributed by atoms with Gasteiger partial charge >= 0.3 is 12.1 Å². The van der Waals surface area contributed by atoms with Gasteiger partial charge in [-0.1, -0.05) is 32.8 Å². The largest absolute Gasteiger partial charge is 0.516 e. The van der Waals surface area contributed by atoms with Crippen molar-refractivity contribution in [3.05, 3.63) is 29.3 Å².